The molecule has 4 nitrogen and oxygen atoms in total. The average molecular weight is 174 g/mol. The first kappa shape index (κ1) is 11.8. The quantitative estimate of drug-likeness (QED) is 0.426. The summed E-state index contributed by atoms with van der Waals surface area (Å²) < 4.78 is 0. The smallest absolute Gasteiger partial charge is 0.0253 e. The Morgan fingerprint density at radius 2 is 1.33 bits per heavy atom. The van der Waals surface area contributed by atoms with E-state index >= 15 is 0 Å². The minimum Gasteiger partial charge on any atom is -0.308 e. The van der Waals surface area contributed by atoms with Gasteiger partial charge in [0, 0.05) is 33.2 Å². The Labute approximate surface area is 75.9 Å². The molecular weight excluding hydrogens is 152 g/mol. The van der Waals surface area contributed by atoms with Crippen LogP contribution < -0.4 is 5.84 Å². The lowest BCUT2D eigenvalue weighted by molar-refractivity contribution is 0.240. The fourth-order valence-electron chi connectivity index (χ4n) is 0.811. The maximum absolute atomic E-state index is 5.49. The van der Waals surface area contributed by atoms with Gasteiger partial charge >= 0.3 is 0 Å². The van der Waals surface area contributed by atoms with E-state index in [2.05, 4.69) is 30.9 Å². The molecule has 0 spiro atoms. The van der Waals surface area contributed by atoms with Crippen LogP contribution in [0.5, 0.6) is 0 Å². The predicted molar refractivity (Wildman–Crippen MR) is 52.9 cm³/mol. The number of rotatable bonds is 6. The lowest BCUT2D eigenvalue weighted by atomic mass is 10.5. The van der Waals surface area contributed by atoms with Gasteiger partial charge in [0.1, 0.15) is 0 Å². The van der Waals surface area contributed by atoms with Crippen LogP contribution in [0.25, 0.3) is 0 Å². The molecule has 0 saturated heterocycles. The molecule has 0 fully saturated rings. The summed E-state index contributed by atoms with van der Waals surface area (Å²) in [6.45, 7) is 4.15. The molecular formula is C8H22N4. The Bertz CT molecular complexity index is 91.2. The molecule has 0 amide bonds. The van der Waals surface area contributed by atoms with Crippen molar-refractivity contribution in [2.45, 2.75) is 0 Å². The van der Waals surface area contributed by atoms with E-state index in [1.807, 2.05) is 7.05 Å². The Morgan fingerprint density at radius 1 is 0.833 bits per heavy atom. The van der Waals surface area contributed by atoms with Gasteiger partial charge in [-0.2, -0.15) is 0 Å². The fourth-order valence-corrected chi connectivity index (χ4v) is 0.811. The lowest BCUT2D eigenvalue weighted by Crippen LogP contribution is -2.37. The topological polar surface area (TPSA) is 35.7 Å². The second-order valence-corrected chi connectivity index (χ2v) is 3.59. The number of likely N-dealkylation sites (N-methyl/N-ethyl adjacent to an activating group) is 3. The first-order valence-corrected chi connectivity index (χ1v) is 4.31. The molecule has 0 aromatic rings. The zero-order chi connectivity index (χ0) is 9.56. The normalized spacial score (nSPS) is 12.0. The maximum Gasteiger partial charge on any atom is 0.0253 e. The van der Waals surface area contributed by atoms with Crippen molar-refractivity contribution in [3.8, 4) is 0 Å². The number of hydrogen-bond donors (Lipinski definition) is 1. The van der Waals surface area contributed by atoms with Crippen molar-refractivity contribution >= 4 is 0 Å². The van der Waals surface area contributed by atoms with E-state index in [1.54, 1.807) is 5.01 Å². The summed E-state index contributed by atoms with van der Waals surface area (Å²) in [6, 6.07) is 0. The van der Waals surface area contributed by atoms with Crippen molar-refractivity contribution in [3.05, 3.63) is 0 Å². The van der Waals surface area contributed by atoms with Crippen LogP contribution in [0, 0.1) is 0 Å². The van der Waals surface area contributed by atoms with Gasteiger partial charge in [0.2, 0.25) is 0 Å². The molecule has 0 atom stereocenters. The van der Waals surface area contributed by atoms with Crippen LogP contribution in [-0.2, 0) is 0 Å². The van der Waals surface area contributed by atoms with Crippen molar-refractivity contribution in [1.29, 1.82) is 0 Å². The Hall–Kier alpha value is -0.160. The monoisotopic (exact) mass is 174 g/mol. The number of nitrogens with zero attached hydrogens (tertiary/aromatic N) is 3. The van der Waals surface area contributed by atoms with Gasteiger partial charge in [0.05, 0.1) is 0 Å². The highest BCUT2D eigenvalue weighted by atomic mass is 15.4. The summed E-state index contributed by atoms with van der Waals surface area (Å²) in [7, 11) is 8.18. The van der Waals surface area contributed by atoms with Crippen LogP contribution in [0.1, 0.15) is 0 Å². The molecule has 0 heterocycles. The molecule has 0 aromatic heterocycles. The van der Waals surface area contributed by atoms with Gasteiger partial charge in [-0.05, 0) is 21.1 Å². The summed E-state index contributed by atoms with van der Waals surface area (Å²) in [6.07, 6.45) is 0. The minimum absolute atomic E-state index is 0.921. The zero-order valence-electron chi connectivity index (χ0n) is 8.75. The van der Waals surface area contributed by atoms with Crippen LogP contribution in [0.15, 0.2) is 0 Å². The zero-order valence-corrected chi connectivity index (χ0v) is 8.75. The van der Waals surface area contributed by atoms with Crippen molar-refractivity contribution in [1.82, 2.24) is 14.8 Å². The third-order valence-corrected chi connectivity index (χ3v) is 1.76. The summed E-state index contributed by atoms with van der Waals surface area (Å²) in [5.74, 6) is 5.49. The molecule has 0 aliphatic heterocycles. The highest BCUT2D eigenvalue weighted by molar-refractivity contribution is 4.55. The van der Waals surface area contributed by atoms with E-state index in [1.165, 1.54) is 0 Å². The third-order valence-electron chi connectivity index (χ3n) is 1.76. The summed E-state index contributed by atoms with van der Waals surface area (Å²) in [4.78, 5) is 4.46. The summed E-state index contributed by atoms with van der Waals surface area (Å²) >= 11 is 0. The van der Waals surface area contributed by atoms with Crippen molar-refractivity contribution in [2.24, 2.45) is 5.84 Å². The van der Waals surface area contributed by atoms with Gasteiger partial charge < -0.3 is 9.80 Å². The molecule has 0 rings (SSSR count). The molecule has 0 saturated carbocycles. The predicted octanol–water partition coefficient (Wildman–Crippen LogP) is -0.715. The lowest BCUT2D eigenvalue weighted by Gasteiger charge is -2.20. The van der Waals surface area contributed by atoms with Crippen LogP contribution in [0.3, 0.4) is 0 Å². The summed E-state index contributed by atoms with van der Waals surface area (Å²) in [5, 5.41) is 1.71. The number of hydrogen-bond acceptors (Lipinski definition) is 4. The van der Waals surface area contributed by atoms with Gasteiger partial charge in [0.25, 0.3) is 0 Å². The first-order valence-electron chi connectivity index (χ1n) is 4.31. The van der Waals surface area contributed by atoms with Gasteiger partial charge in [-0.25, -0.2) is 5.01 Å². The largest absolute Gasteiger partial charge is 0.308 e. The maximum atomic E-state index is 5.49. The van der Waals surface area contributed by atoms with Crippen LogP contribution in [-0.4, -0.2) is 69.2 Å². The number of nitrogens with two attached hydrogens (primary N) is 1. The van der Waals surface area contributed by atoms with Crippen LogP contribution in [0.4, 0.5) is 0 Å². The van der Waals surface area contributed by atoms with Crippen LogP contribution in [0.2, 0.25) is 0 Å². The highest BCUT2D eigenvalue weighted by Crippen LogP contribution is 1.84. The second kappa shape index (κ2) is 6.37. The molecule has 0 bridgehead atoms. The average Bonchev–Trinajstić information content (AvgIpc) is 1.96. The van der Waals surface area contributed by atoms with Crippen molar-refractivity contribution in [2.75, 3.05) is 54.4 Å². The summed E-state index contributed by atoms with van der Waals surface area (Å²) in [5.41, 5.74) is 0. The molecule has 2 N–H and O–H groups in total. The van der Waals surface area contributed by atoms with Crippen molar-refractivity contribution < 1.29 is 0 Å². The molecule has 0 radical (unpaired) electrons. The molecule has 0 aliphatic carbocycles. The van der Waals surface area contributed by atoms with E-state index in [0.717, 1.165) is 26.2 Å². The second-order valence-electron chi connectivity index (χ2n) is 3.59. The van der Waals surface area contributed by atoms with E-state index in [0.29, 0.717) is 0 Å². The molecule has 74 valence electrons. The minimum atomic E-state index is 0.921. The van der Waals surface area contributed by atoms with Gasteiger partial charge in [-0.15, -0.1) is 0 Å². The number of hydrazine groups is 1. The SMILES string of the molecule is CN(C)CCN(C)CCN(C)N. The van der Waals surface area contributed by atoms with E-state index in [9.17, 15) is 0 Å². The molecule has 0 aliphatic rings. The molecule has 0 aromatic carbocycles. The van der Waals surface area contributed by atoms with Gasteiger partial charge in [-0.1, -0.05) is 0 Å². The van der Waals surface area contributed by atoms with E-state index in [-0.39, 0.29) is 0 Å². The standard InChI is InChI=1S/C8H22N4/c1-10(2)5-6-11(3)7-8-12(4)9/h5-9H2,1-4H3. The molecule has 12 heavy (non-hydrogen) atoms. The Kier molecular flexibility index (Phi) is 6.28. The molecule has 0 unspecified atom stereocenters. The first-order chi connectivity index (χ1) is 5.52. The van der Waals surface area contributed by atoms with Crippen LogP contribution >= 0.6 is 0 Å². The van der Waals surface area contributed by atoms with Gasteiger partial charge in [-0.3, -0.25) is 5.84 Å². The van der Waals surface area contributed by atoms with Gasteiger partial charge in [0.15, 0.2) is 0 Å². The molecule has 4 heteroatoms. The highest BCUT2D eigenvalue weighted by Gasteiger charge is 1.99. The fraction of sp³-hybridized carbons (Fsp3) is 1.00. The Balaban J connectivity index is 3.27. The van der Waals surface area contributed by atoms with Crippen molar-refractivity contribution in [3.63, 3.8) is 0 Å². The Morgan fingerprint density at radius 3 is 1.75 bits per heavy atom. The third kappa shape index (κ3) is 7.94. The van der Waals surface area contributed by atoms with E-state index < -0.39 is 0 Å². The van der Waals surface area contributed by atoms with E-state index in [4.69, 9.17) is 5.84 Å².